The van der Waals surface area contributed by atoms with Gasteiger partial charge in [0.05, 0.1) is 12.0 Å². The second-order valence-corrected chi connectivity index (χ2v) is 4.81. The third-order valence-corrected chi connectivity index (χ3v) is 3.04. The number of hydrogen-bond acceptors (Lipinski definition) is 3. The predicted octanol–water partition coefficient (Wildman–Crippen LogP) is -0.419. The predicted molar refractivity (Wildman–Crippen MR) is 61.9 cm³/mol. The summed E-state index contributed by atoms with van der Waals surface area (Å²) >= 11 is 0. The van der Waals surface area contributed by atoms with Crippen LogP contribution in [0.2, 0.25) is 0 Å². The van der Waals surface area contributed by atoms with Crippen LogP contribution in [-0.4, -0.2) is 50.4 Å². The van der Waals surface area contributed by atoms with E-state index in [1.54, 1.807) is 14.1 Å². The summed E-state index contributed by atoms with van der Waals surface area (Å²) < 4.78 is 0. The molecule has 1 fully saturated rings. The van der Waals surface area contributed by atoms with Crippen molar-refractivity contribution in [1.82, 2.24) is 15.5 Å². The van der Waals surface area contributed by atoms with Crippen LogP contribution in [0.15, 0.2) is 0 Å². The van der Waals surface area contributed by atoms with Gasteiger partial charge in [-0.25, -0.2) is 0 Å². The Bertz CT molecular complexity index is 270. The summed E-state index contributed by atoms with van der Waals surface area (Å²) in [5, 5.41) is 5.91. The van der Waals surface area contributed by atoms with E-state index in [4.69, 9.17) is 0 Å². The minimum absolute atomic E-state index is 0.0325. The number of likely N-dealkylation sites (N-methyl/N-ethyl adjacent to an activating group) is 1. The van der Waals surface area contributed by atoms with E-state index in [1.165, 1.54) is 4.90 Å². The Kier molecular flexibility index (Phi) is 4.29. The number of piperidine rings is 1. The van der Waals surface area contributed by atoms with Gasteiger partial charge in [-0.15, -0.1) is 0 Å². The molecule has 92 valence electrons. The van der Waals surface area contributed by atoms with Gasteiger partial charge in [0, 0.05) is 20.6 Å². The molecule has 0 aliphatic carbocycles. The van der Waals surface area contributed by atoms with Crippen LogP contribution in [0, 0.1) is 5.41 Å². The van der Waals surface area contributed by atoms with Crippen LogP contribution in [0.4, 0.5) is 0 Å². The number of rotatable bonds is 3. The van der Waals surface area contributed by atoms with Crippen molar-refractivity contribution >= 4 is 11.8 Å². The lowest BCUT2D eigenvalue weighted by Gasteiger charge is -2.32. The van der Waals surface area contributed by atoms with Crippen molar-refractivity contribution in [3.63, 3.8) is 0 Å². The summed E-state index contributed by atoms with van der Waals surface area (Å²) in [7, 11) is 3.36. The lowest BCUT2D eigenvalue weighted by atomic mass is 9.82. The van der Waals surface area contributed by atoms with Gasteiger partial charge in [-0.05, 0) is 26.3 Å². The van der Waals surface area contributed by atoms with Crippen molar-refractivity contribution in [2.75, 3.05) is 33.7 Å². The fourth-order valence-electron chi connectivity index (χ4n) is 1.78. The molecule has 2 amide bonds. The molecule has 1 atom stereocenters. The monoisotopic (exact) mass is 227 g/mol. The molecule has 0 spiro atoms. The second kappa shape index (κ2) is 5.30. The highest BCUT2D eigenvalue weighted by atomic mass is 16.2. The highest BCUT2D eigenvalue weighted by molar-refractivity contribution is 5.87. The van der Waals surface area contributed by atoms with Crippen LogP contribution >= 0.6 is 0 Å². The van der Waals surface area contributed by atoms with Crippen LogP contribution < -0.4 is 10.6 Å². The number of nitrogens with one attached hydrogen (secondary N) is 2. The van der Waals surface area contributed by atoms with Gasteiger partial charge in [-0.2, -0.15) is 0 Å². The molecule has 2 N–H and O–H groups in total. The molecule has 1 rings (SSSR count). The first kappa shape index (κ1) is 13.0. The van der Waals surface area contributed by atoms with E-state index in [2.05, 4.69) is 10.6 Å². The van der Waals surface area contributed by atoms with E-state index < -0.39 is 0 Å². The fraction of sp³-hybridized carbons (Fsp3) is 0.818. The van der Waals surface area contributed by atoms with Gasteiger partial charge in [0.25, 0.3) is 0 Å². The van der Waals surface area contributed by atoms with Crippen LogP contribution in [-0.2, 0) is 9.59 Å². The first-order chi connectivity index (χ1) is 7.46. The smallest absolute Gasteiger partial charge is 0.241 e. The van der Waals surface area contributed by atoms with Gasteiger partial charge in [-0.3, -0.25) is 9.59 Å². The molecular formula is C11H21N3O2. The van der Waals surface area contributed by atoms with Gasteiger partial charge >= 0.3 is 0 Å². The minimum atomic E-state index is -0.370. The highest BCUT2D eigenvalue weighted by Crippen LogP contribution is 2.25. The van der Waals surface area contributed by atoms with Crippen LogP contribution in [0.5, 0.6) is 0 Å². The molecule has 5 nitrogen and oxygen atoms in total. The fourth-order valence-corrected chi connectivity index (χ4v) is 1.78. The summed E-state index contributed by atoms with van der Waals surface area (Å²) in [4.78, 5) is 24.7. The van der Waals surface area contributed by atoms with Crippen molar-refractivity contribution in [3.05, 3.63) is 0 Å². The normalized spacial score (nSPS) is 24.9. The molecule has 16 heavy (non-hydrogen) atoms. The Balaban J connectivity index is 2.42. The van der Waals surface area contributed by atoms with Gasteiger partial charge in [0.1, 0.15) is 0 Å². The van der Waals surface area contributed by atoms with Gasteiger partial charge < -0.3 is 15.5 Å². The topological polar surface area (TPSA) is 61.4 Å². The zero-order chi connectivity index (χ0) is 12.2. The highest BCUT2D eigenvalue weighted by Gasteiger charge is 2.34. The molecule has 0 radical (unpaired) electrons. The van der Waals surface area contributed by atoms with E-state index in [0.717, 1.165) is 19.4 Å². The molecule has 1 aliphatic rings. The van der Waals surface area contributed by atoms with Crippen LogP contribution in [0.3, 0.4) is 0 Å². The van der Waals surface area contributed by atoms with Crippen molar-refractivity contribution in [3.8, 4) is 0 Å². The summed E-state index contributed by atoms with van der Waals surface area (Å²) in [6.45, 7) is 3.69. The van der Waals surface area contributed by atoms with Crippen molar-refractivity contribution in [2.24, 2.45) is 5.41 Å². The third-order valence-electron chi connectivity index (χ3n) is 3.04. The Hall–Kier alpha value is -1.10. The summed E-state index contributed by atoms with van der Waals surface area (Å²) in [6, 6.07) is 0. The van der Waals surface area contributed by atoms with Crippen molar-refractivity contribution < 1.29 is 9.59 Å². The third kappa shape index (κ3) is 3.20. The molecule has 0 saturated carbocycles. The van der Waals surface area contributed by atoms with Crippen molar-refractivity contribution in [2.45, 2.75) is 19.8 Å². The Morgan fingerprint density at radius 3 is 2.62 bits per heavy atom. The maximum absolute atomic E-state index is 11.9. The SMILES string of the molecule is CN(C)C(=O)CNC(=O)C1(C)CCCNC1. The number of hydrogen-bond donors (Lipinski definition) is 2. The number of amides is 2. The Morgan fingerprint density at radius 1 is 1.44 bits per heavy atom. The van der Waals surface area contributed by atoms with Gasteiger partial charge in [0.2, 0.25) is 11.8 Å². The standard InChI is InChI=1S/C11H21N3O2/c1-11(5-4-6-12-8-11)10(16)13-7-9(15)14(2)3/h12H,4-8H2,1-3H3,(H,13,16). The van der Waals surface area contributed by atoms with Gasteiger partial charge in [0.15, 0.2) is 0 Å². The average Bonchev–Trinajstić information content (AvgIpc) is 2.26. The largest absolute Gasteiger partial charge is 0.347 e. The Morgan fingerprint density at radius 2 is 2.12 bits per heavy atom. The molecule has 1 aliphatic heterocycles. The first-order valence-electron chi connectivity index (χ1n) is 5.65. The lowest BCUT2D eigenvalue weighted by molar-refractivity contribution is -0.135. The molecule has 0 bridgehead atoms. The average molecular weight is 227 g/mol. The molecule has 5 heteroatoms. The van der Waals surface area contributed by atoms with Crippen LogP contribution in [0.1, 0.15) is 19.8 Å². The zero-order valence-corrected chi connectivity index (χ0v) is 10.3. The quantitative estimate of drug-likeness (QED) is 0.688. The maximum Gasteiger partial charge on any atom is 0.241 e. The summed E-state index contributed by atoms with van der Waals surface area (Å²) in [6.07, 6.45) is 1.88. The second-order valence-electron chi connectivity index (χ2n) is 4.81. The molecule has 1 heterocycles. The van der Waals surface area contributed by atoms with Crippen LogP contribution in [0.25, 0.3) is 0 Å². The van der Waals surface area contributed by atoms with E-state index in [1.807, 2.05) is 6.92 Å². The first-order valence-corrected chi connectivity index (χ1v) is 5.65. The summed E-state index contributed by atoms with van der Waals surface area (Å²) in [5.41, 5.74) is -0.370. The minimum Gasteiger partial charge on any atom is -0.347 e. The molecular weight excluding hydrogens is 206 g/mol. The van der Waals surface area contributed by atoms with E-state index in [-0.39, 0.29) is 23.8 Å². The summed E-state index contributed by atoms with van der Waals surface area (Å²) in [5.74, 6) is -0.115. The molecule has 0 aromatic heterocycles. The zero-order valence-electron chi connectivity index (χ0n) is 10.3. The number of carbonyl (C=O) groups is 2. The maximum atomic E-state index is 11.9. The van der Waals surface area contributed by atoms with Crippen molar-refractivity contribution in [1.29, 1.82) is 0 Å². The molecule has 0 aromatic rings. The lowest BCUT2D eigenvalue weighted by Crippen LogP contribution is -2.50. The van der Waals surface area contributed by atoms with Gasteiger partial charge in [-0.1, -0.05) is 0 Å². The molecule has 1 unspecified atom stereocenters. The van der Waals surface area contributed by atoms with E-state index in [0.29, 0.717) is 6.54 Å². The van der Waals surface area contributed by atoms with E-state index >= 15 is 0 Å². The number of carbonyl (C=O) groups excluding carboxylic acids is 2. The van der Waals surface area contributed by atoms with E-state index in [9.17, 15) is 9.59 Å². The number of nitrogens with zero attached hydrogens (tertiary/aromatic N) is 1. The molecule has 0 aromatic carbocycles. The molecule has 1 saturated heterocycles. The Labute approximate surface area is 96.6 Å².